The summed E-state index contributed by atoms with van der Waals surface area (Å²) in [6, 6.07) is 5.52. The first-order valence-electron chi connectivity index (χ1n) is 9.56. The number of urea groups is 1. The van der Waals surface area contributed by atoms with E-state index in [0.29, 0.717) is 13.1 Å². The summed E-state index contributed by atoms with van der Waals surface area (Å²) >= 11 is 6.26. The van der Waals surface area contributed by atoms with Gasteiger partial charge in [-0.1, -0.05) is 24.6 Å². The molecule has 2 aliphatic rings. The molecule has 3 atom stereocenters. The highest BCUT2D eigenvalue weighted by atomic mass is 35.5. The molecule has 0 unspecified atom stereocenters. The summed E-state index contributed by atoms with van der Waals surface area (Å²) in [7, 11) is 0. The molecule has 0 bridgehead atoms. The normalized spacial score (nSPS) is 26.1. The standard InChI is InChI=1S/C20H27ClN4O3/c1-12(10-20(4)18(27)22-19(28)23-20)17(26)24-8-9-25(13(2)11-24)16-7-5-6-15(21)14(16)3/h5-7,12-13H,8-11H2,1-4H3,(H2,22,23,27,28)/t12-,13+,20+/m1/s1. The molecule has 0 aliphatic carbocycles. The Balaban J connectivity index is 1.65. The lowest BCUT2D eigenvalue weighted by Gasteiger charge is -2.43. The number of carbonyl (C=O) groups excluding carboxylic acids is 3. The topological polar surface area (TPSA) is 81.8 Å². The highest BCUT2D eigenvalue weighted by molar-refractivity contribution is 6.31. The molecule has 0 saturated carbocycles. The maximum absolute atomic E-state index is 13.0. The van der Waals surface area contributed by atoms with Crippen molar-refractivity contribution < 1.29 is 14.4 Å². The van der Waals surface area contributed by atoms with Crippen LogP contribution in [0.1, 0.15) is 32.8 Å². The molecule has 1 aromatic carbocycles. The smallest absolute Gasteiger partial charge is 0.322 e. The molecule has 2 saturated heterocycles. The minimum atomic E-state index is -1.04. The van der Waals surface area contributed by atoms with Crippen molar-refractivity contribution >= 4 is 35.1 Å². The third-order valence-corrected chi connectivity index (χ3v) is 6.15. The molecule has 152 valence electrons. The summed E-state index contributed by atoms with van der Waals surface area (Å²) in [4.78, 5) is 40.5. The average Bonchev–Trinajstić information content (AvgIpc) is 2.88. The number of carbonyl (C=O) groups is 3. The van der Waals surface area contributed by atoms with Crippen molar-refractivity contribution in [3.8, 4) is 0 Å². The van der Waals surface area contributed by atoms with Crippen LogP contribution in [0.5, 0.6) is 0 Å². The fraction of sp³-hybridized carbons (Fsp3) is 0.550. The van der Waals surface area contributed by atoms with E-state index in [9.17, 15) is 14.4 Å². The molecule has 28 heavy (non-hydrogen) atoms. The number of benzene rings is 1. The zero-order chi connectivity index (χ0) is 20.6. The van der Waals surface area contributed by atoms with E-state index in [1.54, 1.807) is 6.92 Å². The van der Waals surface area contributed by atoms with E-state index in [4.69, 9.17) is 11.6 Å². The Morgan fingerprint density at radius 3 is 2.68 bits per heavy atom. The lowest BCUT2D eigenvalue weighted by Crippen LogP contribution is -2.56. The van der Waals surface area contributed by atoms with Crippen molar-refractivity contribution in [3.63, 3.8) is 0 Å². The summed E-state index contributed by atoms with van der Waals surface area (Å²) in [5.41, 5.74) is 1.09. The number of nitrogens with zero attached hydrogens (tertiary/aromatic N) is 2. The number of anilines is 1. The monoisotopic (exact) mass is 406 g/mol. The molecule has 4 amide bonds. The number of halogens is 1. The van der Waals surface area contributed by atoms with Crippen LogP contribution in [-0.4, -0.2) is 54.0 Å². The van der Waals surface area contributed by atoms with Gasteiger partial charge in [-0.25, -0.2) is 4.79 Å². The van der Waals surface area contributed by atoms with Gasteiger partial charge in [-0.05, 0) is 44.9 Å². The second-order valence-electron chi connectivity index (χ2n) is 8.06. The van der Waals surface area contributed by atoms with Gasteiger partial charge in [-0.3, -0.25) is 14.9 Å². The van der Waals surface area contributed by atoms with Crippen molar-refractivity contribution in [2.75, 3.05) is 24.5 Å². The Hall–Kier alpha value is -2.28. The van der Waals surface area contributed by atoms with E-state index in [1.165, 1.54) is 0 Å². The maximum Gasteiger partial charge on any atom is 0.322 e. The largest absolute Gasteiger partial charge is 0.365 e. The number of imide groups is 1. The van der Waals surface area contributed by atoms with E-state index in [1.807, 2.05) is 30.9 Å². The predicted molar refractivity (Wildman–Crippen MR) is 108 cm³/mol. The van der Waals surface area contributed by atoms with E-state index in [2.05, 4.69) is 28.5 Å². The second kappa shape index (κ2) is 7.62. The predicted octanol–water partition coefficient (Wildman–Crippen LogP) is 2.31. The Morgan fingerprint density at radius 1 is 1.36 bits per heavy atom. The van der Waals surface area contributed by atoms with Crippen molar-refractivity contribution in [1.82, 2.24) is 15.5 Å². The molecule has 0 radical (unpaired) electrons. The Kier molecular flexibility index (Phi) is 5.57. The van der Waals surface area contributed by atoms with Gasteiger partial charge < -0.3 is 15.1 Å². The van der Waals surface area contributed by atoms with Gasteiger partial charge in [0.25, 0.3) is 5.91 Å². The van der Waals surface area contributed by atoms with Gasteiger partial charge in [-0.2, -0.15) is 0 Å². The van der Waals surface area contributed by atoms with E-state index in [0.717, 1.165) is 22.8 Å². The van der Waals surface area contributed by atoms with Crippen LogP contribution in [0.2, 0.25) is 5.02 Å². The molecule has 2 N–H and O–H groups in total. The molecule has 0 spiro atoms. The van der Waals surface area contributed by atoms with Crippen molar-refractivity contribution in [3.05, 3.63) is 28.8 Å². The molecule has 0 aromatic heterocycles. The first kappa shape index (κ1) is 20.5. The van der Waals surface area contributed by atoms with Crippen LogP contribution in [0, 0.1) is 12.8 Å². The molecule has 1 aromatic rings. The zero-order valence-corrected chi connectivity index (χ0v) is 17.5. The van der Waals surface area contributed by atoms with Gasteiger partial charge in [0.2, 0.25) is 5.91 Å². The first-order valence-corrected chi connectivity index (χ1v) is 9.94. The molecular weight excluding hydrogens is 380 g/mol. The van der Waals surface area contributed by atoms with Crippen LogP contribution < -0.4 is 15.5 Å². The van der Waals surface area contributed by atoms with Gasteiger partial charge in [0.05, 0.1) is 0 Å². The summed E-state index contributed by atoms with van der Waals surface area (Å²) in [6.45, 7) is 9.49. The van der Waals surface area contributed by atoms with E-state index >= 15 is 0 Å². The number of nitrogens with one attached hydrogen (secondary N) is 2. The zero-order valence-electron chi connectivity index (χ0n) is 16.7. The summed E-state index contributed by atoms with van der Waals surface area (Å²) in [5, 5.41) is 5.61. The van der Waals surface area contributed by atoms with Gasteiger partial charge >= 0.3 is 6.03 Å². The van der Waals surface area contributed by atoms with Crippen molar-refractivity contribution in [2.45, 2.75) is 45.7 Å². The molecule has 3 rings (SSSR count). The summed E-state index contributed by atoms with van der Waals surface area (Å²) in [5.74, 6) is -0.753. The fourth-order valence-electron chi connectivity index (χ4n) is 4.16. The van der Waals surface area contributed by atoms with Crippen LogP contribution >= 0.6 is 11.6 Å². The third kappa shape index (κ3) is 3.81. The molecule has 7 nitrogen and oxygen atoms in total. The van der Waals surface area contributed by atoms with E-state index in [-0.39, 0.29) is 30.2 Å². The molecular formula is C20H27ClN4O3. The lowest BCUT2D eigenvalue weighted by molar-refractivity contribution is -0.137. The Labute approximate surface area is 170 Å². The minimum Gasteiger partial charge on any atom is -0.365 e. The van der Waals surface area contributed by atoms with Gasteiger partial charge in [0, 0.05) is 42.3 Å². The lowest BCUT2D eigenvalue weighted by atomic mass is 9.89. The van der Waals surface area contributed by atoms with Crippen molar-refractivity contribution in [1.29, 1.82) is 0 Å². The maximum atomic E-state index is 13.0. The third-order valence-electron chi connectivity index (χ3n) is 5.74. The number of hydrogen-bond acceptors (Lipinski definition) is 4. The van der Waals surface area contributed by atoms with Gasteiger partial charge in [0.1, 0.15) is 5.54 Å². The SMILES string of the molecule is Cc1c(Cl)cccc1N1CCN(C(=O)[C@H](C)C[C@]2(C)NC(=O)NC2=O)C[C@@H]1C. The van der Waals surface area contributed by atoms with Crippen LogP contribution in [-0.2, 0) is 9.59 Å². The first-order chi connectivity index (χ1) is 13.1. The summed E-state index contributed by atoms with van der Waals surface area (Å²) in [6.07, 6.45) is 0.269. The van der Waals surface area contributed by atoms with E-state index < -0.39 is 11.6 Å². The molecule has 8 heteroatoms. The highest BCUT2D eigenvalue weighted by Gasteiger charge is 2.44. The van der Waals surface area contributed by atoms with Crippen LogP contribution in [0.25, 0.3) is 0 Å². The number of hydrogen-bond donors (Lipinski definition) is 2. The quantitative estimate of drug-likeness (QED) is 0.752. The minimum absolute atomic E-state index is 0.00416. The summed E-state index contributed by atoms with van der Waals surface area (Å²) < 4.78 is 0. The van der Waals surface area contributed by atoms with Crippen LogP contribution in [0.15, 0.2) is 18.2 Å². The fourth-order valence-corrected chi connectivity index (χ4v) is 4.33. The Morgan fingerprint density at radius 2 is 2.07 bits per heavy atom. The van der Waals surface area contributed by atoms with Gasteiger partial charge in [-0.15, -0.1) is 0 Å². The average molecular weight is 407 g/mol. The molecule has 2 heterocycles. The number of rotatable bonds is 4. The number of amides is 4. The highest BCUT2D eigenvalue weighted by Crippen LogP contribution is 2.30. The van der Waals surface area contributed by atoms with Crippen LogP contribution in [0.4, 0.5) is 10.5 Å². The Bertz CT molecular complexity index is 815. The van der Waals surface area contributed by atoms with Crippen LogP contribution in [0.3, 0.4) is 0 Å². The van der Waals surface area contributed by atoms with Gasteiger partial charge in [0.15, 0.2) is 0 Å². The van der Waals surface area contributed by atoms with Crippen molar-refractivity contribution in [2.24, 2.45) is 5.92 Å². The molecule has 2 fully saturated rings. The number of piperazine rings is 1. The second-order valence-corrected chi connectivity index (χ2v) is 8.46. The molecule has 2 aliphatic heterocycles.